The monoisotopic (exact) mass is 404 g/mol. The highest BCUT2D eigenvalue weighted by atomic mass is 16.5. The zero-order valence-electron chi connectivity index (χ0n) is 18.3. The van der Waals surface area contributed by atoms with E-state index in [0.29, 0.717) is 13.2 Å². The van der Waals surface area contributed by atoms with Gasteiger partial charge in [0.2, 0.25) is 0 Å². The Bertz CT molecular complexity index is 885. The van der Waals surface area contributed by atoms with Gasteiger partial charge in [0.1, 0.15) is 17.2 Å². The van der Waals surface area contributed by atoms with Gasteiger partial charge in [0.15, 0.2) is 0 Å². The molecule has 0 aliphatic carbocycles. The highest BCUT2D eigenvalue weighted by molar-refractivity contribution is 5.34. The van der Waals surface area contributed by atoms with Crippen LogP contribution in [0.5, 0.6) is 17.2 Å². The Balaban J connectivity index is 1.52. The molecule has 3 aromatic carbocycles. The molecule has 0 saturated carbocycles. The van der Waals surface area contributed by atoms with Crippen LogP contribution in [0.1, 0.15) is 44.7 Å². The lowest BCUT2D eigenvalue weighted by molar-refractivity contribution is 0.0824. The van der Waals surface area contributed by atoms with Gasteiger partial charge in [-0.3, -0.25) is 0 Å². The normalized spacial score (nSPS) is 11.3. The molecule has 0 aliphatic heterocycles. The van der Waals surface area contributed by atoms with Gasteiger partial charge in [0.05, 0.1) is 19.8 Å². The van der Waals surface area contributed by atoms with Gasteiger partial charge in [0.25, 0.3) is 0 Å². The minimum atomic E-state index is -0.0832. The Hall–Kier alpha value is -2.78. The molecule has 0 amide bonds. The molecule has 158 valence electrons. The number of ether oxygens (including phenoxy) is 3. The van der Waals surface area contributed by atoms with Crippen LogP contribution in [0.2, 0.25) is 0 Å². The van der Waals surface area contributed by atoms with E-state index in [-0.39, 0.29) is 5.41 Å². The molecule has 3 aromatic rings. The molecule has 3 nitrogen and oxygen atoms in total. The highest BCUT2D eigenvalue weighted by Crippen LogP contribution is 2.27. The first kappa shape index (κ1) is 21.9. The molecule has 0 bridgehead atoms. The molecule has 0 aliphatic rings. The van der Waals surface area contributed by atoms with Crippen molar-refractivity contribution < 1.29 is 14.2 Å². The van der Waals surface area contributed by atoms with Crippen LogP contribution < -0.4 is 9.47 Å². The predicted octanol–water partition coefficient (Wildman–Crippen LogP) is 7.15. The molecule has 0 spiro atoms. The zero-order chi connectivity index (χ0) is 21.2. The maximum Gasteiger partial charge on any atom is 0.127 e. The van der Waals surface area contributed by atoms with Crippen LogP contribution in [0.15, 0.2) is 78.9 Å². The van der Waals surface area contributed by atoms with E-state index in [4.69, 9.17) is 14.2 Å². The second-order valence-electron chi connectivity index (χ2n) is 8.17. The Morgan fingerprint density at radius 3 is 2.23 bits per heavy atom. The van der Waals surface area contributed by atoms with Gasteiger partial charge in [-0.15, -0.1) is 0 Å². The minimum absolute atomic E-state index is 0.0832. The van der Waals surface area contributed by atoms with Crippen molar-refractivity contribution >= 4 is 0 Å². The Labute approximate surface area is 180 Å². The molecule has 0 unspecified atom stereocenters. The first-order valence-corrected chi connectivity index (χ1v) is 10.7. The van der Waals surface area contributed by atoms with Gasteiger partial charge in [0, 0.05) is 5.41 Å². The topological polar surface area (TPSA) is 27.7 Å². The summed E-state index contributed by atoms with van der Waals surface area (Å²) in [6.45, 7) is 8.53. The van der Waals surface area contributed by atoms with Crippen molar-refractivity contribution in [2.75, 3.05) is 13.2 Å². The van der Waals surface area contributed by atoms with E-state index in [1.807, 2.05) is 48.5 Å². The van der Waals surface area contributed by atoms with Crippen LogP contribution in [-0.2, 0) is 16.8 Å². The zero-order valence-corrected chi connectivity index (χ0v) is 18.3. The standard InChI is InChI=1S/C27H32O3/c1-4-5-18-29-24-16-14-23(15-17-24)27(2,3)21-28-20-22-10-9-13-26(19-22)30-25-11-7-6-8-12-25/h6-17,19H,4-5,18,20-21H2,1-3H3. The number of unbranched alkanes of at least 4 members (excludes halogenated alkanes) is 1. The average molecular weight is 405 g/mol. The molecule has 0 atom stereocenters. The summed E-state index contributed by atoms with van der Waals surface area (Å²) in [5.74, 6) is 2.58. The molecule has 0 heterocycles. The van der Waals surface area contributed by atoms with Crippen molar-refractivity contribution in [3.8, 4) is 17.2 Å². The highest BCUT2D eigenvalue weighted by Gasteiger charge is 2.21. The molecule has 0 fully saturated rings. The number of para-hydroxylation sites is 1. The number of hydrogen-bond acceptors (Lipinski definition) is 3. The van der Waals surface area contributed by atoms with Crippen molar-refractivity contribution in [3.05, 3.63) is 90.0 Å². The van der Waals surface area contributed by atoms with Gasteiger partial charge < -0.3 is 14.2 Å². The summed E-state index contributed by atoms with van der Waals surface area (Å²) in [5.41, 5.74) is 2.26. The summed E-state index contributed by atoms with van der Waals surface area (Å²) in [5, 5.41) is 0. The first-order valence-electron chi connectivity index (χ1n) is 10.7. The molecule has 0 saturated heterocycles. The summed E-state index contributed by atoms with van der Waals surface area (Å²) in [7, 11) is 0. The van der Waals surface area contributed by atoms with Crippen molar-refractivity contribution in [2.24, 2.45) is 0 Å². The number of benzene rings is 3. The summed E-state index contributed by atoms with van der Waals surface area (Å²) in [6.07, 6.45) is 2.22. The van der Waals surface area contributed by atoms with E-state index < -0.39 is 0 Å². The van der Waals surface area contributed by atoms with Gasteiger partial charge in [-0.2, -0.15) is 0 Å². The van der Waals surface area contributed by atoms with Crippen LogP contribution in [0, 0.1) is 0 Å². The van der Waals surface area contributed by atoms with E-state index in [0.717, 1.165) is 42.3 Å². The quantitative estimate of drug-likeness (QED) is 0.318. The largest absolute Gasteiger partial charge is 0.494 e. The third-order valence-electron chi connectivity index (χ3n) is 5.01. The van der Waals surface area contributed by atoms with E-state index >= 15 is 0 Å². The lowest BCUT2D eigenvalue weighted by Crippen LogP contribution is -2.24. The molecule has 3 heteroatoms. The van der Waals surface area contributed by atoms with Gasteiger partial charge in [-0.25, -0.2) is 0 Å². The fourth-order valence-corrected chi connectivity index (χ4v) is 3.17. The average Bonchev–Trinajstić information content (AvgIpc) is 2.75. The second kappa shape index (κ2) is 10.8. The van der Waals surface area contributed by atoms with Crippen LogP contribution >= 0.6 is 0 Å². The maximum absolute atomic E-state index is 6.07. The Morgan fingerprint density at radius 2 is 1.50 bits per heavy atom. The third kappa shape index (κ3) is 6.64. The Morgan fingerprint density at radius 1 is 0.767 bits per heavy atom. The lowest BCUT2D eigenvalue weighted by atomic mass is 9.85. The molecule has 30 heavy (non-hydrogen) atoms. The van der Waals surface area contributed by atoms with E-state index in [9.17, 15) is 0 Å². The van der Waals surface area contributed by atoms with Gasteiger partial charge in [-0.05, 0) is 53.9 Å². The smallest absolute Gasteiger partial charge is 0.127 e. The van der Waals surface area contributed by atoms with Crippen LogP contribution in [0.3, 0.4) is 0 Å². The third-order valence-corrected chi connectivity index (χ3v) is 5.01. The maximum atomic E-state index is 6.07. The fourth-order valence-electron chi connectivity index (χ4n) is 3.17. The first-order chi connectivity index (χ1) is 14.6. The van der Waals surface area contributed by atoms with Gasteiger partial charge >= 0.3 is 0 Å². The van der Waals surface area contributed by atoms with Crippen LogP contribution in [0.25, 0.3) is 0 Å². The lowest BCUT2D eigenvalue weighted by Gasteiger charge is -2.25. The van der Waals surface area contributed by atoms with E-state index in [2.05, 4.69) is 51.1 Å². The SMILES string of the molecule is CCCCOc1ccc(C(C)(C)COCc2cccc(Oc3ccccc3)c2)cc1. The van der Waals surface area contributed by atoms with Crippen molar-refractivity contribution in [3.63, 3.8) is 0 Å². The predicted molar refractivity (Wildman–Crippen MR) is 122 cm³/mol. The van der Waals surface area contributed by atoms with Crippen LogP contribution in [0.4, 0.5) is 0 Å². The van der Waals surface area contributed by atoms with Crippen molar-refractivity contribution in [2.45, 2.75) is 45.6 Å². The van der Waals surface area contributed by atoms with Crippen molar-refractivity contribution in [1.82, 2.24) is 0 Å². The van der Waals surface area contributed by atoms with Crippen LogP contribution in [-0.4, -0.2) is 13.2 Å². The number of hydrogen-bond donors (Lipinski definition) is 0. The second-order valence-corrected chi connectivity index (χ2v) is 8.17. The molecular formula is C27H32O3. The molecule has 0 radical (unpaired) electrons. The summed E-state index contributed by atoms with van der Waals surface area (Å²) >= 11 is 0. The fraction of sp³-hybridized carbons (Fsp3) is 0.333. The summed E-state index contributed by atoms with van der Waals surface area (Å²) < 4.78 is 17.7. The molecular weight excluding hydrogens is 372 g/mol. The number of rotatable bonds is 11. The summed E-state index contributed by atoms with van der Waals surface area (Å²) in [6, 6.07) is 26.2. The van der Waals surface area contributed by atoms with Gasteiger partial charge in [-0.1, -0.05) is 69.7 Å². The van der Waals surface area contributed by atoms with E-state index in [1.165, 1.54) is 5.56 Å². The summed E-state index contributed by atoms with van der Waals surface area (Å²) in [4.78, 5) is 0. The molecule has 0 N–H and O–H groups in total. The molecule has 0 aromatic heterocycles. The van der Waals surface area contributed by atoms with E-state index in [1.54, 1.807) is 0 Å². The minimum Gasteiger partial charge on any atom is -0.494 e. The molecule has 3 rings (SSSR count). The Kier molecular flexibility index (Phi) is 7.92. The van der Waals surface area contributed by atoms with Crippen molar-refractivity contribution in [1.29, 1.82) is 0 Å².